The Morgan fingerprint density at radius 1 is 1.20 bits per heavy atom. The molecule has 0 spiro atoms. The van der Waals surface area contributed by atoms with Crippen LogP contribution in [-0.2, 0) is 6.42 Å². The molecular formula is C17H20BrNO. The molecule has 0 aliphatic carbocycles. The second-order valence-electron chi connectivity index (χ2n) is 4.86. The molecule has 0 amide bonds. The zero-order valence-corrected chi connectivity index (χ0v) is 13.5. The quantitative estimate of drug-likeness (QED) is 0.876. The third-order valence-corrected chi connectivity index (χ3v) is 3.87. The molecule has 0 radical (unpaired) electrons. The van der Waals surface area contributed by atoms with E-state index >= 15 is 0 Å². The Bertz CT molecular complexity index is 583. The number of ether oxygens (including phenoxy) is 1. The van der Waals surface area contributed by atoms with E-state index in [4.69, 9.17) is 10.5 Å². The summed E-state index contributed by atoms with van der Waals surface area (Å²) in [7, 11) is 1.67. The third kappa shape index (κ3) is 3.41. The lowest BCUT2D eigenvalue weighted by Gasteiger charge is -2.17. The minimum atomic E-state index is -0.171. The van der Waals surface area contributed by atoms with Crippen LogP contribution in [0.4, 0.5) is 0 Å². The van der Waals surface area contributed by atoms with Crippen LogP contribution in [-0.4, -0.2) is 7.11 Å². The first-order valence-electron chi connectivity index (χ1n) is 6.83. The van der Waals surface area contributed by atoms with E-state index in [1.165, 1.54) is 5.56 Å². The Balaban J connectivity index is 2.35. The number of aryl methyl sites for hydroxylation is 1. The van der Waals surface area contributed by atoms with Gasteiger partial charge in [-0.05, 0) is 29.7 Å². The fraction of sp³-hybridized carbons (Fsp3) is 0.294. The van der Waals surface area contributed by atoms with Gasteiger partial charge in [0.2, 0.25) is 0 Å². The van der Waals surface area contributed by atoms with E-state index in [0.717, 1.165) is 34.2 Å². The third-order valence-electron chi connectivity index (χ3n) is 3.38. The summed E-state index contributed by atoms with van der Waals surface area (Å²) >= 11 is 3.45. The molecule has 2 N–H and O–H groups in total. The van der Waals surface area contributed by atoms with Crippen LogP contribution in [0.25, 0.3) is 0 Å². The van der Waals surface area contributed by atoms with E-state index in [-0.39, 0.29) is 6.04 Å². The number of hydrogen-bond donors (Lipinski definition) is 1. The van der Waals surface area contributed by atoms with Crippen molar-refractivity contribution < 1.29 is 4.74 Å². The van der Waals surface area contributed by atoms with Gasteiger partial charge in [0.25, 0.3) is 0 Å². The molecular weight excluding hydrogens is 314 g/mol. The molecule has 2 rings (SSSR count). The number of methoxy groups -OCH3 is 1. The highest BCUT2D eigenvalue weighted by atomic mass is 79.9. The fourth-order valence-electron chi connectivity index (χ4n) is 2.35. The number of halogens is 1. The smallest absolute Gasteiger partial charge is 0.125 e. The normalized spacial score (nSPS) is 12.2. The molecule has 0 saturated heterocycles. The maximum atomic E-state index is 6.41. The van der Waals surface area contributed by atoms with E-state index in [2.05, 4.69) is 47.1 Å². The second kappa shape index (κ2) is 6.91. The Morgan fingerprint density at radius 2 is 2.00 bits per heavy atom. The fourth-order valence-corrected chi connectivity index (χ4v) is 2.69. The highest BCUT2D eigenvalue weighted by Crippen LogP contribution is 2.31. The van der Waals surface area contributed by atoms with Crippen molar-refractivity contribution in [1.82, 2.24) is 0 Å². The number of rotatable bonds is 5. The molecule has 2 nitrogen and oxygen atoms in total. The van der Waals surface area contributed by atoms with Crippen molar-refractivity contribution in [3.05, 3.63) is 63.6 Å². The molecule has 2 aromatic rings. The molecule has 0 aliphatic heterocycles. The van der Waals surface area contributed by atoms with E-state index in [1.807, 2.05) is 18.2 Å². The summed E-state index contributed by atoms with van der Waals surface area (Å²) in [5.74, 6) is 0.813. The van der Waals surface area contributed by atoms with Gasteiger partial charge in [0.05, 0.1) is 13.2 Å². The van der Waals surface area contributed by atoms with Crippen molar-refractivity contribution in [3.8, 4) is 5.75 Å². The topological polar surface area (TPSA) is 35.2 Å². The summed E-state index contributed by atoms with van der Waals surface area (Å²) < 4.78 is 6.43. The van der Waals surface area contributed by atoms with Gasteiger partial charge in [0, 0.05) is 10.0 Å². The van der Waals surface area contributed by atoms with Crippen LogP contribution in [0, 0.1) is 0 Å². The molecule has 2 aromatic carbocycles. The lowest BCUT2D eigenvalue weighted by atomic mass is 9.96. The summed E-state index contributed by atoms with van der Waals surface area (Å²) in [6.07, 6.45) is 2.22. The Hall–Kier alpha value is -1.32. The highest BCUT2D eigenvalue weighted by molar-refractivity contribution is 9.10. The summed E-state index contributed by atoms with van der Waals surface area (Å²) in [5.41, 5.74) is 9.87. The van der Waals surface area contributed by atoms with Gasteiger partial charge in [0.1, 0.15) is 5.75 Å². The molecule has 0 saturated carbocycles. The maximum absolute atomic E-state index is 6.41. The highest BCUT2D eigenvalue weighted by Gasteiger charge is 2.14. The van der Waals surface area contributed by atoms with Crippen molar-refractivity contribution in [2.24, 2.45) is 5.73 Å². The summed E-state index contributed by atoms with van der Waals surface area (Å²) in [6, 6.07) is 14.3. The minimum Gasteiger partial charge on any atom is -0.496 e. The minimum absolute atomic E-state index is 0.171. The van der Waals surface area contributed by atoms with Crippen molar-refractivity contribution in [1.29, 1.82) is 0 Å². The molecule has 1 atom stereocenters. The van der Waals surface area contributed by atoms with Crippen LogP contribution < -0.4 is 10.5 Å². The molecule has 20 heavy (non-hydrogen) atoms. The van der Waals surface area contributed by atoms with Crippen molar-refractivity contribution >= 4 is 15.9 Å². The molecule has 106 valence electrons. The lowest BCUT2D eigenvalue weighted by molar-refractivity contribution is 0.407. The molecule has 1 unspecified atom stereocenters. The maximum Gasteiger partial charge on any atom is 0.125 e. The van der Waals surface area contributed by atoms with Gasteiger partial charge in [-0.1, -0.05) is 59.6 Å². The Kier molecular flexibility index (Phi) is 5.21. The van der Waals surface area contributed by atoms with E-state index < -0.39 is 0 Å². The first-order chi connectivity index (χ1) is 9.65. The molecule has 0 bridgehead atoms. The van der Waals surface area contributed by atoms with Gasteiger partial charge in [-0.15, -0.1) is 0 Å². The SMILES string of the molecule is CCCc1cccc(C(N)c2ccc(Br)cc2OC)c1. The number of benzene rings is 2. The Labute approximate surface area is 129 Å². The largest absolute Gasteiger partial charge is 0.496 e. The van der Waals surface area contributed by atoms with Gasteiger partial charge in [-0.3, -0.25) is 0 Å². The van der Waals surface area contributed by atoms with Crippen LogP contribution in [0.5, 0.6) is 5.75 Å². The summed E-state index contributed by atoms with van der Waals surface area (Å²) in [5, 5.41) is 0. The molecule has 0 heterocycles. The second-order valence-corrected chi connectivity index (χ2v) is 5.77. The van der Waals surface area contributed by atoms with Gasteiger partial charge in [-0.2, -0.15) is 0 Å². The average molecular weight is 334 g/mol. The summed E-state index contributed by atoms with van der Waals surface area (Å²) in [6.45, 7) is 2.18. The van der Waals surface area contributed by atoms with Crippen LogP contribution in [0.15, 0.2) is 46.9 Å². The van der Waals surface area contributed by atoms with E-state index in [1.54, 1.807) is 7.11 Å². The predicted molar refractivity (Wildman–Crippen MR) is 87.2 cm³/mol. The van der Waals surface area contributed by atoms with Gasteiger partial charge in [0.15, 0.2) is 0 Å². The van der Waals surface area contributed by atoms with E-state index in [0.29, 0.717) is 0 Å². The van der Waals surface area contributed by atoms with Gasteiger partial charge >= 0.3 is 0 Å². The molecule has 3 heteroatoms. The first kappa shape index (κ1) is 15.1. The molecule has 0 aliphatic rings. The number of nitrogens with two attached hydrogens (primary N) is 1. The first-order valence-corrected chi connectivity index (χ1v) is 7.63. The molecule has 0 fully saturated rings. The van der Waals surface area contributed by atoms with Crippen LogP contribution in [0.1, 0.15) is 36.1 Å². The van der Waals surface area contributed by atoms with Gasteiger partial charge in [-0.25, -0.2) is 0 Å². The zero-order chi connectivity index (χ0) is 14.5. The monoisotopic (exact) mass is 333 g/mol. The predicted octanol–water partition coefficient (Wildman–Crippen LogP) is 4.46. The lowest BCUT2D eigenvalue weighted by Crippen LogP contribution is -2.13. The van der Waals surface area contributed by atoms with Crippen molar-refractivity contribution in [2.45, 2.75) is 25.8 Å². The standard InChI is InChI=1S/C17H20BrNO/c1-3-5-12-6-4-7-13(10-12)17(19)15-9-8-14(18)11-16(15)20-2/h4,6-11,17H,3,5,19H2,1-2H3. The van der Waals surface area contributed by atoms with Crippen molar-refractivity contribution in [2.75, 3.05) is 7.11 Å². The van der Waals surface area contributed by atoms with E-state index in [9.17, 15) is 0 Å². The van der Waals surface area contributed by atoms with Crippen molar-refractivity contribution in [3.63, 3.8) is 0 Å². The summed E-state index contributed by atoms with van der Waals surface area (Å²) in [4.78, 5) is 0. The van der Waals surface area contributed by atoms with Crippen LogP contribution >= 0.6 is 15.9 Å². The van der Waals surface area contributed by atoms with Crippen LogP contribution in [0.2, 0.25) is 0 Å². The molecule has 0 aromatic heterocycles. The zero-order valence-electron chi connectivity index (χ0n) is 11.9. The Morgan fingerprint density at radius 3 is 2.70 bits per heavy atom. The average Bonchev–Trinajstić information content (AvgIpc) is 2.47. The van der Waals surface area contributed by atoms with Crippen LogP contribution in [0.3, 0.4) is 0 Å². The number of hydrogen-bond acceptors (Lipinski definition) is 2. The van der Waals surface area contributed by atoms with Gasteiger partial charge < -0.3 is 10.5 Å².